The summed E-state index contributed by atoms with van der Waals surface area (Å²) in [5.74, 6) is 0.397. The van der Waals surface area contributed by atoms with Crippen LogP contribution in [0.25, 0.3) is 0 Å². The van der Waals surface area contributed by atoms with Crippen molar-refractivity contribution in [3.05, 3.63) is 29.8 Å². The Morgan fingerprint density at radius 1 is 1.26 bits per heavy atom. The van der Waals surface area contributed by atoms with Crippen LogP contribution in [-0.2, 0) is 11.2 Å². The number of thioether (sulfide) groups is 1. The first-order chi connectivity index (χ1) is 11.1. The maximum Gasteiger partial charge on any atom is 0.230 e. The molecule has 1 atom stereocenters. The predicted molar refractivity (Wildman–Crippen MR) is 97.6 cm³/mol. The molecule has 0 saturated carbocycles. The van der Waals surface area contributed by atoms with E-state index in [0.29, 0.717) is 5.75 Å². The highest BCUT2D eigenvalue weighted by atomic mass is 32.2. The van der Waals surface area contributed by atoms with Crippen LogP contribution in [0.4, 0.5) is 10.8 Å². The Bertz CT molecular complexity index is 627. The van der Waals surface area contributed by atoms with Crippen molar-refractivity contribution in [2.75, 3.05) is 11.1 Å². The highest BCUT2D eigenvalue weighted by Crippen LogP contribution is 2.27. The van der Waals surface area contributed by atoms with Crippen molar-refractivity contribution < 1.29 is 4.79 Å². The van der Waals surface area contributed by atoms with Gasteiger partial charge in [0, 0.05) is 11.7 Å². The molecule has 1 aromatic heterocycles. The molecular weight excluding hydrogens is 328 g/mol. The molecule has 2 aromatic rings. The average Bonchev–Trinajstić information content (AvgIpc) is 3.01. The Hall–Kier alpha value is -1.60. The van der Waals surface area contributed by atoms with Crippen LogP contribution in [-0.4, -0.2) is 27.9 Å². The summed E-state index contributed by atoms with van der Waals surface area (Å²) in [4.78, 5) is 11.8. The smallest absolute Gasteiger partial charge is 0.230 e. The van der Waals surface area contributed by atoms with E-state index < -0.39 is 0 Å². The zero-order valence-corrected chi connectivity index (χ0v) is 15.3. The van der Waals surface area contributed by atoms with E-state index in [0.717, 1.165) is 28.0 Å². The van der Waals surface area contributed by atoms with E-state index in [9.17, 15) is 4.79 Å². The molecule has 0 saturated heterocycles. The Kier molecular flexibility index (Phi) is 6.85. The first kappa shape index (κ1) is 17.7. The summed E-state index contributed by atoms with van der Waals surface area (Å²) in [5.41, 5.74) is 2.29. The van der Waals surface area contributed by atoms with Gasteiger partial charge in [0.15, 0.2) is 4.34 Å². The Balaban J connectivity index is 1.84. The minimum atomic E-state index is 0.0317. The topological polar surface area (TPSA) is 66.9 Å². The van der Waals surface area contributed by atoms with Gasteiger partial charge in [-0.15, -0.1) is 10.2 Å². The normalized spacial score (nSPS) is 12.0. The van der Waals surface area contributed by atoms with Crippen LogP contribution in [0.1, 0.15) is 32.8 Å². The van der Waals surface area contributed by atoms with E-state index in [4.69, 9.17) is 0 Å². The number of hydrogen-bond acceptors (Lipinski definition) is 6. The fraction of sp³-hybridized carbons (Fsp3) is 0.438. The number of carbonyl (C=O) groups excluding carboxylic acids is 1. The van der Waals surface area contributed by atoms with Crippen molar-refractivity contribution in [3.63, 3.8) is 0 Å². The number of anilines is 2. The molecule has 0 unspecified atom stereocenters. The zero-order valence-electron chi connectivity index (χ0n) is 13.6. The molecule has 7 heteroatoms. The van der Waals surface area contributed by atoms with E-state index in [1.54, 1.807) is 0 Å². The van der Waals surface area contributed by atoms with Crippen LogP contribution in [0, 0.1) is 0 Å². The summed E-state index contributed by atoms with van der Waals surface area (Å²) in [5, 5.41) is 15.1. The summed E-state index contributed by atoms with van der Waals surface area (Å²) < 4.78 is 0.789. The molecule has 23 heavy (non-hydrogen) atoms. The lowest BCUT2D eigenvalue weighted by Gasteiger charge is -2.09. The van der Waals surface area contributed by atoms with Gasteiger partial charge in [0.05, 0.1) is 5.75 Å². The highest BCUT2D eigenvalue weighted by Gasteiger charge is 2.10. The number of carbonyl (C=O) groups is 1. The van der Waals surface area contributed by atoms with Crippen LogP contribution in [0.3, 0.4) is 0 Å². The number of rotatable bonds is 8. The highest BCUT2D eigenvalue weighted by molar-refractivity contribution is 8.01. The number of benzene rings is 1. The lowest BCUT2D eigenvalue weighted by molar-refractivity contribution is -0.119. The number of aromatic nitrogens is 2. The molecule has 5 nitrogen and oxygen atoms in total. The lowest BCUT2D eigenvalue weighted by atomic mass is 10.1. The first-order valence-electron chi connectivity index (χ1n) is 7.72. The number of nitrogens with zero attached hydrogens (tertiary/aromatic N) is 2. The van der Waals surface area contributed by atoms with Gasteiger partial charge in [0.2, 0.25) is 11.0 Å². The van der Waals surface area contributed by atoms with Gasteiger partial charge in [-0.2, -0.15) is 0 Å². The minimum Gasteiger partial charge on any atom is -0.353 e. The van der Waals surface area contributed by atoms with Gasteiger partial charge in [-0.05, 0) is 37.5 Å². The molecule has 0 aliphatic rings. The van der Waals surface area contributed by atoms with E-state index >= 15 is 0 Å². The second kappa shape index (κ2) is 8.88. The Morgan fingerprint density at radius 3 is 2.65 bits per heavy atom. The molecule has 2 N–H and O–H groups in total. The first-order valence-corrected chi connectivity index (χ1v) is 9.52. The molecule has 1 heterocycles. The van der Waals surface area contributed by atoms with Crippen LogP contribution in [0.5, 0.6) is 0 Å². The number of aryl methyl sites for hydroxylation is 1. The van der Waals surface area contributed by atoms with Gasteiger partial charge in [-0.25, -0.2) is 0 Å². The second-order valence-electron chi connectivity index (χ2n) is 5.21. The lowest BCUT2D eigenvalue weighted by Crippen LogP contribution is -2.33. The third kappa shape index (κ3) is 5.84. The molecule has 0 fully saturated rings. The number of nitrogens with one attached hydrogen (secondary N) is 2. The summed E-state index contributed by atoms with van der Waals surface area (Å²) in [6, 6.07) is 8.47. The molecule has 0 aliphatic carbocycles. The van der Waals surface area contributed by atoms with Crippen molar-refractivity contribution in [1.82, 2.24) is 15.5 Å². The predicted octanol–water partition coefficient (Wildman–Crippen LogP) is 3.85. The average molecular weight is 351 g/mol. The van der Waals surface area contributed by atoms with Crippen molar-refractivity contribution in [2.45, 2.75) is 44.0 Å². The third-order valence-corrected chi connectivity index (χ3v) is 5.34. The van der Waals surface area contributed by atoms with Crippen molar-refractivity contribution in [3.8, 4) is 0 Å². The second-order valence-corrected chi connectivity index (χ2v) is 7.41. The SMILES string of the molecule is CCc1ccc(Nc2nnc(SCC(=O)N[C@@H](C)CC)s2)cc1. The van der Waals surface area contributed by atoms with Gasteiger partial charge < -0.3 is 10.6 Å². The molecule has 0 spiro atoms. The summed E-state index contributed by atoms with van der Waals surface area (Å²) in [6.07, 6.45) is 1.96. The largest absolute Gasteiger partial charge is 0.353 e. The van der Waals surface area contributed by atoms with Crippen molar-refractivity contribution >= 4 is 39.8 Å². The van der Waals surface area contributed by atoms with Gasteiger partial charge in [-0.1, -0.05) is 49.1 Å². The quantitative estimate of drug-likeness (QED) is 0.708. The Labute approximate surface area is 145 Å². The van der Waals surface area contributed by atoms with Crippen LogP contribution in [0.2, 0.25) is 0 Å². The van der Waals surface area contributed by atoms with Crippen molar-refractivity contribution in [1.29, 1.82) is 0 Å². The van der Waals surface area contributed by atoms with Gasteiger partial charge in [-0.3, -0.25) is 4.79 Å². The standard InChI is InChI=1S/C16H22N4OS2/c1-4-11(3)17-14(21)10-22-16-20-19-15(23-16)18-13-8-6-12(5-2)7-9-13/h6-9,11H,4-5,10H2,1-3H3,(H,17,21)(H,18,19)/t11-/m0/s1. The maximum absolute atomic E-state index is 11.8. The van der Waals surface area contributed by atoms with E-state index in [2.05, 4.69) is 39.9 Å². The zero-order chi connectivity index (χ0) is 16.7. The fourth-order valence-electron chi connectivity index (χ4n) is 1.81. The maximum atomic E-state index is 11.8. The van der Waals surface area contributed by atoms with Gasteiger partial charge >= 0.3 is 0 Å². The van der Waals surface area contributed by atoms with Crippen molar-refractivity contribution in [2.24, 2.45) is 0 Å². The van der Waals surface area contributed by atoms with Gasteiger partial charge in [0.1, 0.15) is 0 Å². The van der Waals surface area contributed by atoms with Crippen LogP contribution in [0.15, 0.2) is 28.6 Å². The molecule has 2 rings (SSSR count). The third-order valence-electron chi connectivity index (χ3n) is 3.37. The molecule has 1 aromatic carbocycles. The summed E-state index contributed by atoms with van der Waals surface area (Å²) in [7, 11) is 0. The monoisotopic (exact) mass is 350 g/mol. The van der Waals surface area contributed by atoms with Crippen LogP contribution >= 0.6 is 23.1 Å². The van der Waals surface area contributed by atoms with E-state index in [1.165, 1.54) is 28.7 Å². The minimum absolute atomic E-state index is 0.0317. The molecule has 0 aliphatic heterocycles. The van der Waals surface area contributed by atoms with Crippen LogP contribution < -0.4 is 10.6 Å². The number of amides is 1. The molecule has 124 valence electrons. The van der Waals surface area contributed by atoms with Gasteiger partial charge in [0.25, 0.3) is 0 Å². The van der Waals surface area contributed by atoms with E-state index in [-0.39, 0.29) is 11.9 Å². The molecule has 1 amide bonds. The molecule has 0 radical (unpaired) electrons. The van der Waals surface area contributed by atoms with E-state index in [1.807, 2.05) is 26.0 Å². The fourth-order valence-corrected chi connectivity index (χ4v) is 3.40. The number of hydrogen-bond donors (Lipinski definition) is 2. The summed E-state index contributed by atoms with van der Waals surface area (Å²) in [6.45, 7) is 6.18. The molecular formula is C16H22N4OS2. The summed E-state index contributed by atoms with van der Waals surface area (Å²) >= 11 is 2.87. The Morgan fingerprint density at radius 2 is 2.00 bits per heavy atom. The molecule has 0 bridgehead atoms.